The number of hydrogen-bond donors (Lipinski definition) is 3. The van der Waals surface area contributed by atoms with Gasteiger partial charge in [-0.1, -0.05) is 41.5 Å². The molecule has 2 atom stereocenters. The van der Waals surface area contributed by atoms with Crippen molar-refractivity contribution in [2.24, 2.45) is 29.6 Å². The Morgan fingerprint density at radius 1 is 0.656 bits per heavy atom. The molecule has 2 unspecified atom stereocenters. The first-order valence-electron chi connectivity index (χ1n) is 23.7. The van der Waals surface area contributed by atoms with Crippen molar-refractivity contribution in [3.63, 3.8) is 0 Å². The van der Waals surface area contributed by atoms with Crippen molar-refractivity contribution in [2.45, 2.75) is 200 Å². The van der Waals surface area contributed by atoms with Gasteiger partial charge in [0.05, 0.1) is 79.8 Å². The highest BCUT2D eigenvalue weighted by atomic mass is 32.2. The van der Waals surface area contributed by atoms with Crippen molar-refractivity contribution in [1.29, 1.82) is 0 Å². The van der Waals surface area contributed by atoms with Crippen LogP contribution < -0.4 is 4.72 Å². The zero-order chi connectivity index (χ0) is 46.6. The van der Waals surface area contributed by atoms with Gasteiger partial charge in [-0.05, 0) is 130 Å². The lowest BCUT2D eigenvalue weighted by Gasteiger charge is -2.40. The molecule has 3 saturated carbocycles. The average Bonchev–Trinajstić information content (AvgIpc) is 4.07. The zero-order valence-corrected chi connectivity index (χ0v) is 42.7. The summed E-state index contributed by atoms with van der Waals surface area (Å²) in [5.41, 5.74) is -0.278. The Kier molecular flexibility index (Phi) is 28.1. The molecule has 13 nitrogen and oxygen atoms in total. The zero-order valence-electron chi connectivity index (χ0n) is 41.1. The van der Waals surface area contributed by atoms with Crippen LogP contribution in [0.25, 0.3) is 0 Å². The van der Waals surface area contributed by atoms with Crippen LogP contribution in [0.4, 0.5) is 0 Å². The van der Waals surface area contributed by atoms with Crippen LogP contribution in [0, 0.1) is 29.6 Å². The van der Waals surface area contributed by atoms with E-state index in [1.54, 1.807) is 27.7 Å². The minimum atomic E-state index is -2.98. The lowest BCUT2D eigenvalue weighted by Crippen LogP contribution is -2.41. The molecule has 4 aliphatic heterocycles. The summed E-state index contributed by atoms with van der Waals surface area (Å²) in [6, 6.07) is 0.932. The standard InChI is InChI=1S/C7H15NO.C7H14O3S.2C7H14O.C6H13NO2S.C6H12O2.C6H12O/c1-7(2)8-3-5-9-6-4-8;1-6(2)11(8,9)7-3-4-10-5-7;1-6(2)7(8)4-3-5-7;1-5(2)7(8)6-3-4-6;1-5(2)10(8,9)7-6-3-4-6;1-5(2)8-6-3-7-4-6;1-5(2)6-3-7-4-6/h7H,3-6H2,1-2H3;6-7H,3-5H2,1-2H3;6,8H,3-5H2,1-2H3;5-8H,3-4H2,1-2H3;5-7H,3-4H2,1-2H3;5-6H,3-4H2,1-2H3;5-6H,3-4H2,1-2H3. The number of hydrogen-bond acceptors (Lipinski definition) is 12. The molecule has 0 bridgehead atoms. The normalized spacial score (nSPS) is 23.3. The van der Waals surface area contributed by atoms with E-state index in [1.807, 2.05) is 13.8 Å². The van der Waals surface area contributed by atoms with Crippen LogP contribution in [0.5, 0.6) is 0 Å². The summed E-state index contributed by atoms with van der Waals surface area (Å²) in [6.45, 7) is 36.7. The summed E-state index contributed by atoms with van der Waals surface area (Å²) in [4.78, 5) is 2.43. The maximum atomic E-state index is 11.5. The van der Waals surface area contributed by atoms with E-state index in [0.29, 0.717) is 55.6 Å². The van der Waals surface area contributed by atoms with Gasteiger partial charge in [-0.2, -0.15) is 0 Å². The van der Waals surface area contributed by atoms with Crippen molar-refractivity contribution in [3.8, 4) is 0 Å². The summed E-state index contributed by atoms with van der Waals surface area (Å²) in [6.07, 6.45) is 9.15. The first-order valence-corrected chi connectivity index (χ1v) is 26.8. The van der Waals surface area contributed by atoms with Gasteiger partial charge in [0, 0.05) is 37.7 Å². The van der Waals surface area contributed by atoms with Crippen LogP contribution in [0.1, 0.15) is 148 Å². The summed E-state index contributed by atoms with van der Waals surface area (Å²) in [5, 5.41) is 17.9. The molecule has 4 saturated heterocycles. The second-order valence-electron chi connectivity index (χ2n) is 19.9. The Morgan fingerprint density at radius 3 is 1.39 bits per heavy atom. The monoisotopic (exact) mass is 915 g/mol. The average molecular weight is 915 g/mol. The smallest absolute Gasteiger partial charge is 0.214 e. The third-order valence-corrected chi connectivity index (χ3v) is 16.6. The SMILES string of the molecule is CC(C)C(O)C1CC1.CC(C)C1(O)CCC1.CC(C)C1COC1.CC(C)N1CCOCC1.CC(C)OC1COC1.CC(C)S(=O)(=O)C1CCOC1.CC(C)S(=O)(=O)NC1CC1. The van der Waals surface area contributed by atoms with E-state index in [-0.39, 0.29) is 33.5 Å². The van der Waals surface area contributed by atoms with Gasteiger partial charge < -0.3 is 33.9 Å². The quantitative estimate of drug-likeness (QED) is 0.186. The molecular weight excluding hydrogens is 821 g/mol. The van der Waals surface area contributed by atoms with E-state index in [1.165, 1.54) is 19.3 Å². The van der Waals surface area contributed by atoms with E-state index in [4.69, 9.17) is 23.7 Å². The fourth-order valence-corrected chi connectivity index (χ4v) is 8.69. The molecule has 7 fully saturated rings. The summed E-state index contributed by atoms with van der Waals surface area (Å²) in [5.74, 6) is 3.25. The van der Waals surface area contributed by atoms with Crippen molar-refractivity contribution in [1.82, 2.24) is 9.62 Å². The van der Waals surface area contributed by atoms with Crippen molar-refractivity contribution < 1.29 is 50.7 Å². The van der Waals surface area contributed by atoms with Gasteiger partial charge in [-0.15, -0.1) is 0 Å². The molecule has 3 aliphatic carbocycles. The molecule has 366 valence electrons. The molecule has 0 spiro atoms. The predicted molar refractivity (Wildman–Crippen MR) is 248 cm³/mol. The molecule has 15 heteroatoms. The second-order valence-corrected chi connectivity index (χ2v) is 25.0. The topological polar surface area (TPSA) is 170 Å². The van der Waals surface area contributed by atoms with Gasteiger partial charge in [0.2, 0.25) is 10.0 Å². The van der Waals surface area contributed by atoms with E-state index in [2.05, 4.69) is 65.0 Å². The summed E-state index contributed by atoms with van der Waals surface area (Å²) >= 11 is 0. The number of nitrogens with zero attached hydrogens (tertiary/aromatic N) is 1. The second kappa shape index (κ2) is 29.2. The Morgan fingerprint density at radius 2 is 1.20 bits per heavy atom. The van der Waals surface area contributed by atoms with Crippen LogP contribution in [0.2, 0.25) is 0 Å². The van der Waals surface area contributed by atoms with Crippen LogP contribution >= 0.6 is 0 Å². The molecule has 3 N–H and O–H groups in total. The fraction of sp³-hybridized carbons (Fsp3) is 1.00. The largest absolute Gasteiger partial charge is 0.393 e. The first-order chi connectivity index (χ1) is 28.3. The molecule has 0 aromatic rings. The van der Waals surface area contributed by atoms with Gasteiger partial charge in [0.25, 0.3) is 0 Å². The van der Waals surface area contributed by atoms with Gasteiger partial charge in [-0.25, -0.2) is 21.6 Å². The van der Waals surface area contributed by atoms with E-state index in [9.17, 15) is 27.0 Å². The van der Waals surface area contributed by atoms with Gasteiger partial charge in [0.1, 0.15) is 6.10 Å². The number of sulfonamides is 1. The maximum absolute atomic E-state index is 11.5. The van der Waals surface area contributed by atoms with Crippen molar-refractivity contribution >= 4 is 19.9 Å². The van der Waals surface area contributed by atoms with Crippen LogP contribution in [-0.2, 0) is 43.5 Å². The Labute approximate surface area is 374 Å². The number of aliphatic hydroxyl groups excluding tert-OH is 1. The number of rotatable bonds is 12. The lowest BCUT2D eigenvalue weighted by molar-refractivity contribution is -0.146. The third-order valence-electron chi connectivity index (χ3n) is 12.1. The summed E-state index contributed by atoms with van der Waals surface area (Å²) < 4.78 is 73.1. The minimum Gasteiger partial charge on any atom is -0.393 e. The molecular formula is C46H94N2O11S2. The van der Waals surface area contributed by atoms with Crippen molar-refractivity contribution in [2.75, 3.05) is 65.9 Å². The Hall–Kier alpha value is -0.460. The Balaban J connectivity index is 0.000000357. The molecule has 7 aliphatic rings. The molecule has 0 aromatic carbocycles. The predicted octanol–water partition coefficient (Wildman–Crippen LogP) is 6.87. The highest BCUT2D eigenvalue weighted by Gasteiger charge is 2.37. The fourth-order valence-electron chi connectivity index (χ4n) is 6.24. The molecule has 7 rings (SSSR count). The molecule has 61 heavy (non-hydrogen) atoms. The molecule has 0 radical (unpaired) electrons. The number of ether oxygens (including phenoxy) is 5. The van der Waals surface area contributed by atoms with E-state index < -0.39 is 19.9 Å². The Bertz CT molecular complexity index is 1320. The maximum Gasteiger partial charge on any atom is 0.214 e. The number of sulfone groups is 1. The van der Waals surface area contributed by atoms with Gasteiger partial charge >= 0.3 is 0 Å². The number of nitrogens with one attached hydrogen (secondary N) is 1. The lowest BCUT2D eigenvalue weighted by atomic mass is 9.73. The van der Waals surface area contributed by atoms with Gasteiger partial charge in [0.15, 0.2) is 9.84 Å². The van der Waals surface area contributed by atoms with E-state index >= 15 is 0 Å². The third kappa shape index (κ3) is 24.6. The van der Waals surface area contributed by atoms with Gasteiger partial charge in [-0.3, -0.25) is 4.90 Å². The highest BCUT2D eigenvalue weighted by Crippen LogP contribution is 2.37. The first kappa shape index (κ1) is 58.6. The van der Waals surface area contributed by atoms with Crippen LogP contribution in [-0.4, -0.2) is 150 Å². The molecule has 0 amide bonds. The number of morpholine rings is 1. The molecule has 0 aromatic heterocycles. The molecule has 4 heterocycles. The summed E-state index contributed by atoms with van der Waals surface area (Å²) in [7, 11) is -5.89. The minimum absolute atomic E-state index is 0.0185. The van der Waals surface area contributed by atoms with Crippen LogP contribution in [0.3, 0.4) is 0 Å². The number of aliphatic hydroxyl groups is 2. The highest BCUT2D eigenvalue weighted by molar-refractivity contribution is 7.92. The van der Waals surface area contributed by atoms with Crippen molar-refractivity contribution in [3.05, 3.63) is 0 Å². The van der Waals surface area contributed by atoms with E-state index in [0.717, 1.165) is 90.2 Å². The van der Waals surface area contributed by atoms with Crippen LogP contribution in [0.15, 0.2) is 0 Å².